The number of hydrogen-bond donors (Lipinski definition) is 11. The van der Waals surface area contributed by atoms with Crippen LogP contribution in [0.5, 0.6) is 0 Å². The predicted octanol–water partition coefficient (Wildman–Crippen LogP) is -3.80. The van der Waals surface area contributed by atoms with Crippen LogP contribution in [0, 0.1) is 26.1 Å². The van der Waals surface area contributed by atoms with Gasteiger partial charge >= 0.3 is 0 Å². The van der Waals surface area contributed by atoms with Gasteiger partial charge in [0, 0.05) is 12.6 Å². The fourth-order valence-electron chi connectivity index (χ4n) is 4.83. The van der Waals surface area contributed by atoms with Gasteiger partial charge in [-0.2, -0.15) is 0 Å². The van der Waals surface area contributed by atoms with Crippen LogP contribution in [0.25, 0.3) is 0 Å². The van der Waals surface area contributed by atoms with E-state index >= 15 is 0 Å². The Balaban J connectivity index is 3.19. The molecule has 0 saturated carbocycles. The van der Waals surface area contributed by atoms with Gasteiger partial charge in [-0.1, -0.05) is 13.8 Å². The summed E-state index contributed by atoms with van der Waals surface area (Å²) in [6, 6.07) is -5.94. The molecule has 0 aromatic heterocycles. The number of amides is 7. The Bertz CT molecular complexity index is 1680. The first-order valence-corrected chi connectivity index (χ1v) is 17.0. The number of anilines is 1. The zero-order valence-corrected chi connectivity index (χ0v) is 31.3. The highest BCUT2D eigenvalue weighted by molar-refractivity contribution is 5.98. The van der Waals surface area contributed by atoms with Crippen molar-refractivity contribution in [3.05, 3.63) is 38.4 Å². The molecule has 15 N–H and O–H groups in total. The van der Waals surface area contributed by atoms with Gasteiger partial charge in [-0.15, -0.1) is 0 Å². The van der Waals surface area contributed by atoms with E-state index in [-0.39, 0.29) is 37.0 Å². The molecule has 0 spiro atoms. The number of carbonyl (C=O) groups excluding carboxylic acids is 7. The highest BCUT2D eigenvalue weighted by atomic mass is 16.6. The molecular weight excluding hydrogens is 746 g/mol. The van der Waals surface area contributed by atoms with Gasteiger partial charge in [0.05, 0.1) is 28.4 Å². The van der Waals surface area contributed by atoms with Crippen LogP contribution in [0.1, 0.15) is 53.9 Å². The minimum absolute atomic E-state index is 0.000544. The van der Waals surface area contributed by atoms with Gasteiger partial charge in [-0.25, -0.2) is 0 Å². The second-order valence-electron chi connectivity index (χ2n) is 12.9. The van der Waals surface area contributed by atoms with E-state index in [9.17, 15) is 58.9 Å². The number of nitrogens with zero attached hydrogens (tertiary/aromatic N) is 3. The van der Waals surface area contributed by atoms with Crippen LogP contribution in [-0.4, -0.2) is 111 Å². The van der Waals surface area contributed by atoms with Crippen molar-refractivity contribution in [1.29, 1.82) is 0 Å². The number of carbonyl (C=O) groups is 7. The minimum atomic E-state index is -1.73. The first-order valence-electron chi connectivity index (χ1n) is 17.0. The molecule has 1 aromatic carbocycles. The Hall–Kier alpha value is -6.66. The molecular formula is C31H49N13O12. The fraction of sp³-hybridized carbons (Fsp3) is 0.548. The molecule has 0 radical (unpaired) electrons. The summed E-state index contributed by atoms with van der Waals surface area (Å²) >= 11 is 0. The van der Waals surface area contributed by atoms with Crippen molar-refractivity contribution in [1.82, 2.24) is 26.6 Å². The number of guanidine groups is 1. The number of benzene rings is 1. The highest BCUT2D eigenvalue weighted by Crippen LogP contribution is 2.30. The van der Waals surface area contributed by atoms with Gasteiger partial charge in [0.25, 0.3) is 11.4 Å². The first kappa shape index (κ1) is 47.4. The fourth-order valence-corrected chi connectivity index (χ4v) is 4.83. The lowest BCUT2D eigenvalue weighted by molar-refractivity contribution is -0.393. The number of nitro groups is 2. The molecule has 0 aliphatic carbocycles. The van der Waals surface area contributed by atoms with Gasteiger partial charge < -0.3 is 59.9 Å². The number of hydrogen-bond acceptors (Lipinski definition) is 14. The zero-order valence-electron chi connectivity index (χ0n) is 31.3. The molecule has 0 fully saturated rings. The molecule has 7 amide bonds. The van der Waals surface area contributed by atoms with Crippen molar-refractivity contribution in [3.8, 4) is 0 Å². The van der Waals surface area contributed by atoms with Crippen molar-refractivity contribution in [2.75, 3.05) is 11.9 Å². The van der Waals surface area contributed by atoms with E-state index in [0.717, 1.165) is 19.1 Å². The van der Waals surface area contributed by atoms with Crippen molar-refractivity contribution in [2.24, 2.45) is 33.8 Å². The van der Waals surface area contributed by atoms with E-state index < -0.39 is 111 Å². The summed E-state index contributed by atoms with van der Waals surface area (Å²) in [5.74, 6) is -7.45. The summed E-state index contributed by atoms with van der Waals surface area (Å²) in [7, 11) is 0. The van der Waals surface area contributed by atoms with Gasteiger partial charge in [0.15, 0.2) is 5.96 Å². The molecule has 56 heavy (non-hydrogen) atoms. The lowest BCUT2D eigenvalue weighted by atomic mass is 10.0. The summed E-state index contributed by atoms with van der Waals surface area (Å²) in [6.07, 6.45) is -2.36. The van der Waals surface area contributed by atoms with E-state index in [1.54, 1.807) is 13.8 Å². The summed E-state index contributed by atoms with van der Waals surface area (Å²) in [6.45, 7) is 6.87. The highest BCUT2D eigenvalue weighted by Gasteiger charge is 2.34. The number of aliphatic hydroxyl groups excluding tert-OH is 1. The van der Waals surface area contributed by atoms with Crippen LogP contribution < -0.4 is 54.8 Å². The third-order valence-corrected chi connectivity index (χ3v) is 7.86. The average Bonchev–Trinajstić information content (AvgIpc) is 3.08. The summed E-state index contributed by atoms with van der Waals surface area (Å²) < 4.78 is 0. The van der Waals surface area contributed by atoms with Crippen LogP contribution >= 0.6 is 0 Å². The number of non-ortho nitro benzene ring substituents is 1. The molecule has 0 bridgehead atoms. The summed E-state index contributed by atoms with van der Waals surface area (Å²) in [5.41, 5.74) is 19.6. The van der Waals surface area contributed by atoms with Crippen LogP contribution in [0.3, 0.4) is 0 Å². The standard InChI is InChI=1S/C31H49N13O12/c1-13(2)23(25(33)47)41-26(48)15(4)38-30(52)24(16(5)45)42-27(49)14(3)37-29(51)20(12-22(32)46)40-28(50)19(7-6-10-36-31(34)35)39-18-9-8-17(43(53)54)11-21(18)44(55)56/h8-9,11,13-16,19-20,23-24,39,45H,6-7,10,12H2,1-5H3,(H2,32,46)(H2,33,47)(H,37,51)(H,38,52)(H,40,50)(H,41,48)(H,42,49)(H4,34,35,36)/t14-,15+,16+,19-,20-,23-,24-/m0/s1. The van der Waals surface area contributed by atoms with E-state index in [1.165, 1.54) is 13.8 Å². The molecule has 25 heteroatoms. The van der Waals surface area contributed by atoms with Crippen LogP contribution in [0.15, 0.2) is 23.2 Å². The second-order valence-corrected chi connectivity index (χ2v) is 12.9. The van der Waals surface area contributed by atoms with Gasteiger partial charge in [0.1, 0.15) is 41.9 Å². The molecule has 25 nitrogen and oxygen atoms in total. The lowest BCUT2D eigenvalue weighted by Crippen LogP contribution is -2.61. The predicted molar refractivity (Wildman–Crippen MR) is 198 cm³/mol. The normalized spacial score (nSPS) is 14.6. The Morgan fingerprint density at radius 2 is 1.27 bits per heavy atom. The van der Waals surface area contributed by atoms with E-state index in [1.807, 2.05) is 0 Å². The maximum Gasteiger partial charge on any atom is 0.299 e. The quantitative estimate of drug-likeness (QED) is 0.0166. The molecule has 0 unspecified atom stereocenters. The Morgan fingerprint density at radius 3 is 1.73 bits per heavy atom. The average molecular weight is 796 g/mol. The van der Waals surface area contributed by atoms with Crippen LogP contribution in [0.4, 0.5) is 17.1 Å². The Kier molecular flexibility index (Phi) is 18.5. The van der Waals surface area contributed by atoms with Gasteiger partial charge in [-0.3, -0.25) is 58.8 Å². The molecule has 1 rings (SSSR count). The van der Waals surface area contributed by atoms with E-state index in [2.05, 4.69) is 36.9 Å². The number of aliphatic imine (C=N–C) groups is 1. The number of nitrogens with two attached hydrogens (primary N) is 4. The Labute approximate surface area is 319 Å². The second kappa shape index (κ2) is 21.9. The maximum atomic E-state index is 13.5. The molecule has 1 aromatic rings. The van der Waals surface area contributed by atoms with E-state index in [4.69, 9.17) is 22.9 Å². The van der Waals surface area contributed by atoms with Crippen molar-refractivity contribution >= 4 is 64.4 Å². The van der Waals surface area contributed by atoms with Crippen molar-refractivity contribution in [2.45, 2.75) is 96.2 Å². The van der Waals surface area contributed by atoms with Crippen LogP contribution in [-0.2, 0) is 33.6 Å². The lowest BCUT2D eigenvalue weighted by Gasteiger charge is -2.27. The van der Waals surface area contributed by atoms with E-state index in [0.29, 0.717) is 6.07 Å². The molecule has 310 valence electrons. The van der Waals surface area contributed by atoms with Crippen LogP contribution in [0.2, 0.25) is 0 Å². The van der Waals surface area contributed by atoms with Gasteiger partial charge in [0.2, 0.25) is 41.4 Å². The van der Waals surface area contributed by atoms with Gasteiger partial charge in [-0.05, 0) is 45.6 Å². The molecule has 0 aliphatic heterocycles. The molecule has 7 atom stereocenters. The Morgan fingerprint density at radius 1 is 0.732 bits per heavy atom. The SMILES string of the molecule is CC(C)[C@H](NC(=O)[C@@H](C)NC(=O)[C@@H](NC(=O)[C@H](C)NC(=O)[C@H](CC(N)=O)NC(=O)[C@H](CCCN=C(N)N)Nc1ccc([N+](=O)[O-])cc1[N+](=O)[O-])[C@@H](C)O)C(N)=O. The molecule has 0 saturated heterocycles. The first-order chi connectivity index (χ1) is 26.0. The molecule has 0 heterocycles. The number of nitro benzene ring substituents is 2. The maximum absolute atomic E-state index is 13.5. The topological polar surface area (TPSA) is 415 Å². The summed E-state index contributed by atoms with van der Waals surface area (Å²) in [5, 5.41) is 47.3. The van der Waals surface area contributed by atoms with Crippen molar-refractivity contribution < 1.29 is 48.5 Å². The smallest absolute Gasteiger partial charge is 0.299 e. The largest absolute Gasteiger partial charge is 0.391 e. The number of rotatable bonds is 23. The monoisotopic (exact) mass is 795 g/mol. The number of nitrogens with one attached hydrogen (secondary N) is 6. The van der Waals surface area contributed by atoms with Crippen molar-refractivity contribution in [3.63, 3.8) is 0 Å². The number of primary amides is 2. The molecule has 0 aliphatic rings. The number of aliphatic hydroxyl groups is 1. The summed E-state index contributed by atoms with van der Waals surface area (Å²) in [4.78, 5) is 114. The third-order valence-electron chi connectivity index (χ3n) is 7.86. The zero-order chi connectivity index (χ0) is 43.0. The minimum Gasteiger partial charge on any atom is -0.391 e. The third kappa shape index (κ3) is 15.4.